The predicted octanol–water partition coefficient (Wildman–Crippen LogP) is 2.68. The van der Waals surface area contributed by atoms with E-state index in [1.165, 1.54) is 18.2 Å². The summed E-state index contributed by atoms with van der Waals surface area (Å²) in [6, 6.07) is 5.73. The molecule has 3 aromatic rings. The number of nitrogens with zero attached hydrogens (tertiary/aromatic N) is 6. The highest BCUT2D eigenvalue weighted by Crippen LogP contribution is 2.25. The number of likely N-dealkylation sites (tertiary alicyclic amines) is 1. The molecular formula is C18H19FN6O2. The van der Waals surface area contributed by atoms with Gasteiger partial charge in [-0.25, -0.2) is 9.07 Å². The summed E-state index contributed by atoms with van der Waals surface area (Å²) < 4.78 is 20.3. The lowest BCUT2D eigenvalue weighted by Crippen LogP contribution is -2.29. The number of hydrogen-bond acceptors (Lipinski definition) is 6. The zero-order valence-corrected chi connectivity index (χ0v) is 15.0. The van der Waals surface area contributed by atoms with Gasteiger partial charge in [0.05, 0.1) is 12.2 Å². The quantitative estimate of drug-likeness (QED) is 0.701. The van der Waals surface area contributed by atoms with Crippen LogP contribution in [-0.4, -0.2) is 49.0 Å². The Hall–Kier alpha value is -3.10. The van der Waals surface area contributed by atoms with E-state index in [2.05, 4.69) is 20.5 Å². The van der Waals surface area contributed by atoms with Crippen molar-refractivity contribution in [3.8, 4) is 11.6 Å². The Balaban J connectivity index is 1.46. The molecule has 1 aromatic carbocycles. The van der Waals surface area contributed by atoms with Crippen LogP contribution in [0.25, 0.3) is 11.6 Å². The van der Waals surface area contributed by atoms with Crippen molar-refractivity contribution in [3.63, 3.8) is 0 Å². The van der Waals surface area contributed by atoms with Crippen LogP contribution in [0.4, 0.5) is 4.39 Å². The SMILES string of the molecule is CC(C)c1noc(-c2cn(C3CCN(C(=O)c4cccc(F)c4)C3)nn2)n1. The molecule has 8 nitrogen and oxygen atoms in total. The Morgan fingerprint density at radius 2 is 2.22 bits per heavy atom. The zero-order chi connectivity index (χ0) is 19.0. The van der Waals surface area contributed by atoms with Gasteiger partial charge in [-0.2, -0.15) is 4.98 Å². The van der Waals surface area contributed by atoms with Crippen molar-refractivity contribution < 1.29 is 13.7 Å². The Kier molecular flexibility index (Phi) is 4.43. The number of halogens is 1. The van der Waals surface area contributed by atoms with Gasteiger partial charge in [-0.05, 0) is 24.6 Å². The molecule has 1 atom stereocenters. The lowest BCUT2D eigenvalue weighted by Gasteiger charge is -2.16. The summed E-state index contributed by atoms with van der Waals surface area (Å²) in [6.45, 7) is 5.02. The van der Waals surface area contributed by atoms with Crippen LogP contribution < -0.4 is 0 Å². The predicted molar refractivity (Wildman–Crippen MR) is 93.4 cm³/mol. The minimum absolute atomic E-state index is 0.00347. The molecule has 0 aliphatic carbocycles. The number of carbonyl (C=O) groups excluding carboxylic acids is 1. The molecule has 0 bridgehead atoms. The first-order chi connectivity index (χ1) is 13.0. The maximum atomic E-state index is 13.4. The van der Waals surface area contributed by atoms with Crippen molar-refractivity contribution in [1.82, 2.24) is 30.0 Å². The molecule has 9 heteroatoms. The molecule has 1 fully saturated rings. The van der Waals surface area contributed by atoms with Crippen molar-refractivity contribution >= 4 is 5.91 Å². The van der Waals surface area contributed by atoms with Crippen LogP contribution in [0.1, 0.15) is 48.4 Å². The van der Waals surface area contributed by atoms with Crippen molar-refractivity contribution in [1.29, 1.82) is 0 Å². The topological polar surface area (TPSA) is 89.9 Å². The highest BCUT2D eigenvalue weighted by molar-refractivity contribution is 5.94. The minimum atomic E-state index is -0.419. The summed E-state index contributed by atoms with van der Waals surface area (Å²) in [6.07, 6.45) is 2.49. The van der Waals surface area contributed by atoms with Gasteiger partial charge in [-0.3, -0.25) is 4.79 Å². The van der Waals surface area contributed by atoms with Gasteiger partial charge in [-0.1, -0.05) is 30.3 Å². The van der Waals surface area contributed by atoms with E-state index in [1.807, 2.05) is 13.8 Å². The summed E-state index contributed by atoms with van der Waals surface area (Å²) in [5.41, 5.74) is 0.853. The van der Waals surface area contributed by atoms with E-state index in [0.29, 0.717) is 36.1 Å². The molecule has 1 saturated heterocycles. The monoisotopic (exact) mass is 370 g/mol. The Morgan fingerprint density at radius 1 is 1.37 bits per heavy atom. The molecule has 4 rings (SSSR count). The van der Waals surface area contributed by atoms with E-state index in [9.17, 15) is 9.18 Å². The number of rotatable bonds is 4. The number of aromatic nitrogens is 5. The number of benzene rings is 1. The second-order valence-corrected chi connectivity index (χ2v) is 6.90. The van der Waals surface area contributed by atoms with Gasteiger partial charge in [0.25, 0.3) is 11.8 Å². The fourth-order valence-electron chi connectivity index (χ4n) is 3.07. The molecule has 0 radical (unpaired) electrons. The smallest absolute Gasteiger partial charge is 0.280 e. The lowest BCUT2D eigenvalue weighted by molar-refractivity contribution is 0.0786. The fourth-order valence-corrected chi connectivity index (χ4v) is 3.07. The largest absolute Gasteiger partial charge is 0.336 e. The molecular weight excluding hydrogens is 351 g/mol. The van der Waals surface area contributed by atoms with Gasteiger partial charge in [0.2, 0.25) is 0 Å². The first-order valence-corrected chi connectivity index (χ1v) is 8.82. The van der Waals surface area contributed by atoms with E-state index in [4.69, 9.17) is 4.52 Å². The van der Waals surface area contributed by atoms with Crippen molar-refractivity contribution in [2.24, 2.45) is 0 Å². The summed E-state index contributed by atoms with van der Waals surface area (Å²) in [5, 5.41) is 12.2. The summed E-state index contributed by atoms with van der Waals surface area (Å²) >= 11 is 0. The normalized spacial score (nSPS) is 17.0. The van der Waals surface area contributed by atoms with E-state index < -0.39 is 5.82 Å². The van der Waals surface area contributed by atoms with Gasteiger partial charge >= 0.3 is 0 Å². The first-order valence-electron chi connectivity index (χ1n) is 8.82. The second kappa shape index (κ2) is 6.90. The van der Waals surface area contributed by atoms with Crippen molar-refractivity contribution in [2.75, 3.05) is 13.1 Å². The molecule has 27 heavy (non-hydrogen) atoms. The van der Waals surface area contributed by atoms with Gasteiger partial charge in [0.15, 0.2) is 11.5 Å². The molecule has 1 unspecified atom stereocenters. The van der Waals surface area contributed by atoms with Crippen LogP contribution in [0.15, 0.2) is 35.0 Å². The molecule has 3 heterocycles. The lowest BCUT2D eigenvalue weighted by atomic mass is 10.2. The average molecular weight is 370 g/mol. The zero-order valence-electron chi connectivity index (χ0n) is 15.0. The Bertz CT molecular complexity index is 966. The van der Waals surface area contributed by atoms with Crippen LogP contribution in [-0.2, 0) is 0 Å². The van der Waals surface area contributed by atoms with E-state index in [0.717, 1.165) is 6.42 Å². The molecule has 1 aliphatic heterocycles. The Morgan fingerprint density at radius 3 is 2.96 bits per heavy atom. The van der Waals surface area contributed by atoms with Crippen molar-refractivity contribution in [2.45, 2.75) is 32.2 Å². The van der Waals surface area contributed by atoms with Crippen LogP contribution in [0.3, 0.4) is 0 Å². The van der Waals surface area contributed by atoms with E-state index >= 15 is 0 Å². The molecule has 140 valence electrons. The van der Waals surface area contributed by atoms with Crippen LogP contribution in [0.5, 0.6) is 0 Å². The van der Waals surface area contributed by atoms with Gasteiger partial charge in [0, 0.05) is 24.6 Å². The molecule has 2 aromatic heterocycles. The maximum Gasteiger partial charge on any atom is 0.280 e. The molecule has 0 spiro atoms. The minimum Gasteiger partial charge on any atom is -0.336 e. The third kappa shape index (κ3) is 3.44. The summed E-state index contributed by atoms with van der Waals surface area (Å²) in [4.78, 5) is 18.6. The molecule has 0 N–H and O–H groups in total. The average Bonchev–Trinajstić information content (AvgIpc) is 3.39. The Labute approximate surface area is 155 Å². The second-order valence-electron chi connectivity index (χ2n) is 6.90. The molecule has 1 amide bonds. The number of hydrogen-bond donors (Lipinski definition) is 0. The van der Waals surface area contributed by atoms with Gasteiger partial charge in [-0.15, -0.1) is 5.10 Å². The van der Waals surface area contributed by atoms with Crippen LogP contribution in [0, 0.1) is 5.82 Å². The highest BCUT2D eigenvalue weighted by atomic mass is 19.1. The van der Waals surface area contributed by atoms with Gasteiger partial charge in [0.1, 0.15) is 5.82 Å². The highest BCUT2D eigenvalue weighted by Gasteiger charge is 2.29. The van der Waals surface area contributed by atoms with Gasteiger partial charge < -0.3 is 9.42 Å². The number of amides is 1. The fraction of sp³-hybridized carbons (Fsp3) is 0.389. The summed E-state index contributed by atoms with van der Waals surface area (Å²) in [5.74, 6) is 0.506. The maximum absolute atomic E-state index is 13.4. The molecule has 1 aliphatic rings. The summed E-state index contributed by atoms with van der Waals surface area (Å²) in [7, 11) is 0. The van der Waals surface area contributed by atoms with Crippen molar-refractivity contribution in [3.05, 3.63) is 47.7 Å². The van der Waals surface area contributed by atoms with Crippen LogP contribution in [0.2, 0.25) is 0 Å². The first kappa shape index (κ1) is 17.3. The van der Waals surface area contributed by atoms with E-state index in [1.54, 1.807) is 21.8 Å². The third-order valence-electron chi connectivity index (χ3n) is 4.58. The van der Waals surface area contributed by atoms with E-state index in [-0.39, 0.29) is 17.9 Å². The molecule has 0 saturated carbocycles. The standard InChI is InChI=1S/C18H19FN6O2/c1-11(2)16-20-17(27-22-16)15-10-25(23-21-15)14-6-7-24(9-14)18(26)12-4-3-5-13(19)8-12/h3-5,8,10-11,14H,6-7,9H2,1-2H3. The number of carbonyl (C=O) groups is 1. The third-order valence-corrected chi connectivity index (χ3v) is 4.58. The van der Waals surface area contributed by atoms with Crippen LogP contribution >= 0.6 is 0 Å².